The molecule has 0 atom stereocenters. The molecule has 72 valence electrons. The fourth-order valence-electron chi connectivity index (χ4n) is 1.15. The number of nitrogens with zero attached hydrogens (tertiary/aromatic N) is 2. The lowest BCUT2D eigenvalue weighted by atomic mass is 10.3. The smallest absolute Gasteiger partial charge is 0.148 e. The van der Waals surface area contributed by atoms with Crippen molar-refractivity contribution in [3.05, 3.63) is 40.8 Å². The molecule has 0 unspecified atom stereocenters. The summed E-state index contributed by atoms with van der Waals surface area (Å²) in [6, 6.07) is 6.33. The number of nitrogen functional groups attached to an aromatic ring is 1. The van der Waals surface area contributed by atoms with Crippen LogP contribution in [0.2, 0.25) is 0 Å². The largest absolute Gasteiger partial charge is 0.383 e. The molecule has 3 nitrogen and oxygen atoms in total. The maximum absolute atomic E-state index is 13.3. The molecule has 0 aliphatic carbocycles. The second kappa shape index (κ2) is 3.42. The SMILES string of the molecule is Nc1c(Br)cnn1-c1ccccc1F. The topological polar surface area (TPSA) is 43.8 Å². The summed E-state index contributed by atoms with van der Waals surface area (Å²) in [4.78, 5) is 0. The Kier molecular flexibility index (Phi) is 2.25. The average Bonchev–Trinajstić information content (AvgIpc) is 2.49. The van der Waals surface area contributed by atoms with Gasteiger partial charge in [0.05, 0.1) is 10.7 Å². The number of hydrogen-bond donors (Lipinski definition) is 1. The molecule has 5 heteroatoms. The summed E-state index contributed by atoms with van der Waals surface area (Å²) >= 11 is 3.21. The summed E-state index contributed by atoms with van der Waals surface area (Å²) < 4.78 is 15.3. The Morgan fingerprint density at radius 2 is 2.07 bits per heavy atom. The van der Waals surface area contributed by atoms with E-state index in [2.05, 4.69) is 21.0 Å². The van der Waals surface area contributed by atoms with Crippen LogP contribution in [0, 0.1) is 5.82 Å². The molecule has 0 spiro atoms. The van der Waals surface area contributed by atoms with Crippen LogP contribution in [0.25, 0.3) is 5.69 Å². The number of halogens is 2. The molecule has 2 N–H and O–H groups in total. The fourth-order valence-corrected chi connectivity index (χ4v) is 1.41. The summed E-state index contributed by atoms with van der Waals surface area (Å²) in [6.07, 6.45) is 1.53. The minimum absolute atomic E-state index is 0.343. The van der Waals surface area contributed by atoms with E-state index in [9.17, 15) is 4.39 Å². The van der Waals surface area contributed by atoms with Gasteiger partial charge >= 0.3 is 0 Å². The first-order valence-corrected chi connectivity index (χ1v) is 4.73. The first kappa shape index (κ1) is 9.21. The van der Waals surface area contributed by atoms with E-state index in [0.29, 0.717) is 16.0 Å². The summed E-state index contributed by atoms with van der Waals surface area (Å²) in [5, 5.41) is 3.95. The van der Waals surface area contributed by atoms with Gasteiger partial charge < -0.3 is 5.73 Å². The lowest BCUT2D eigenvalue weighted by Crippen LogP contribution is -2.03. The van der Waals surface area contributed by atoms with Crippen LogP contribution in [0.5, 0.6) is 0 Å². The van der Waals surface area contributed by atoms with Crippen LogP contribution < -0.4 is 5.73 Å². The standard InChI is InChI=1S/C9H7BrFN3/c10-6-5-13-14(9(6)12)8-4-2-1-3-7(8)11/h1-5H,12H2. The van der Waals surface area contributed by atoms with Crippen LogP contribution in [-0.4, -0.2) is 9.78 Å². The first-order valence-electron chi connectivity index (χ1n) is 3.94. The number of nitrogens with two attached hydrogens (primary N) is 1. The van der Waals surface area contributed by atoms with Crippen molar-refractivity contribution in [3.63, 3.8) is 0 Å². The number of benzene rings is 1. The molecule has 14 heavy (non-hydrogen) atoms. The highest BCUT2D eigenvalue weighted by atomic mass is 79.9. The molecule has 2 rings (SSSR count). The van der Waals surface area contributed by atoms with Gasteiger partial charge in [0.25, 0.3) is 0 Å². The van der Waals surface area contributed by atoms with E-state index in [1.165, 1.54) is 16.9 Å². The molecule has 1 aromatic carbocycles. The van der Waals surface area contributed by atoms with Crippen molar-refractivity contribution >= 4 is 21.7 Å². The first-order chi connectivity index (χ1) is 6.70. The number of para-hydroxylation sites is 1. The second-order valence-electron chi connectivity index (χ2n) is 2.74. The molecule has 0 fully saturated rings. The van der Waals surface area contributed by atoms with Crippen molar-refractivity contribution < 1.29 is 4.39 Å². The molecular weight excluding hydrogens is 249 g/mol. The molecule has 0 aliphatic heterocycles. The van der Waals surface area contributed by atoms with Gasteiger partial charge in [-0.2, -0.15) is 5.10 Å². The fraction of sp³-hybridized carbons (Fsp3) is 0. The zero-order valence-electron chi connectivity index (χ0n) is 7.11. The van der Waals surface area contributed by atoms with E-state index in [-0.39, 0.29) is 5.82 Å². The van der Waals surface area contributed by atoms with E-state index in [1.807, 2.05) is 0 Å². The van der Waals surface area contributed by atoms with Crippen LogP contribution in [-0.2, 0) is 0 Å². The molecule has 0 bridgehead atoms. The van der Waals surface area contributed by atoms with E-state index >= 15 is 0 Å². The highest BCUT2D eigenvalue weighted by Gasteiger charge is 2.09. The van der Waals surface area contributed by atoms with Crippen LogP contribution in [0.3, 0.4) is 0 Å². The quantitative estimate of drug-likeness (QED) is 0.851. The van der Waals surface area contributed by atoms with Crippen molar-refractivity contribution in [3.8, 4) is 5.69 Å². The lowest BCUT2D eigenvalue weighted by Gasteiger charge is -2.04. The Balaban J connectivity index is 2.60. The third-order valence-corrected chi connectivity index (χ3v) is 2.45. The van der Waals surface area contributed by atoms with Crippen LogP contribution >= 0.6 is 15.9 Å². The van der Waals surface area contributed by atoms with Crippen molar-refractivity contribution in [1.82, 2.24) is 9.78 Å². The van der Waals surface area contributed by atoms with Gasteiger partial charge in [-0.3, -0.25) is 0 Å². The molecule has 0 saturated heterocycles. The van der Waals surface area contributed by atoms with Gasteiger partial charge in [0.15, 0.2) is 0 Å². The van der Waals surface area contributed by atoms with Crippen molar-refractivity contribution in [2.75, 3.05) is 5.73 Å². The number of aromatic nitrogens is 2. The Bertz CT molecular complexity index is 467. The van der Waals surface area contributed by atoms with Gasteiger partial charge in [-0.1, -0.05) is 12.1 Å². The normalized spacial score (nSPS) is 10.4. The van der Waals surface area contributed by atoms with Crippen molar-refractivity contribution in [1.29, 1.82) is 0 Å². The third-order valence-electron chi connectivity index (χ3n) is 1.84. The Hall–Kier alpha value is -1.36. The van der Waals surface area contributed by atoms with Gasteiger partial charge in [0, 0.05) is 0 Å². The monoisotopic (exact) mass is 255 g/mol. The lowest BCUT2D eigenvalue weighted by molar-refractivity contribution is 0.612. The van der Waals surface area contributed by atoms with Crippen LogP contribution in [0.15, 0.2) is 34.9 Å². The van der Waals surface area contributed by atoms with E-state index < -0.39 is 0 Å². The Morgan fingerprint density at radius 1 is 1.36 bits per heavy atom. The van der Waals surface area contributed by atoms with E-state index in [4.69, 9.17) is 5.73 Å². The zero-order valence-corrected chi connectivity index (χ0v) is 8.70. The second-order valence-corrected chi connectivity index (χ2v) is 3.60. The molecule has 0 aliphatic rings. The highest BCUT2D eigenvalue weighted by molar-refractivity contribution is 9.10. The van der Waals surface area contributed by atoms with E-state index in [0.717, 1.165) is 0 Å². The minimum atomic E-state index is -0.352. The van der Waals surface area contributed by atoms with Gasteiger partial charge in [0.2, 0.25) is 0 Å². The molecule has 2 aromatic rings. The predicted octanol–water partition coefficient (Wildman–Crippen LogP) is 2.36. The van der Waals surface area contributed by atoms with Gasteiger partial charge in [0.1, 0.15) is 17.3 Å². The number of hydrogen-bond acceptors (Lipinski definition) is 2. The molecule has 0 saturated carbocycles. The number of rotatable bonds is 1. The summed E-state index contributed by atoms with van der Waals surface area (Å²) in [7, 11) is 0. The van der Waals surface area contributed by atoms with Crippen LogP contribution in [0.4, 0.5) is 10.2 Å². The zero-order chi connectivity index (χ0) is 10.1. The third kappa shape index (κ3) is 1.39. The Morgan fingerprint density at radius 3 is 2.64 bits per heavy atom. The maximum atomic E-state index is 13.3. The minimum Gasteiger partial charge on any atom is -0.383 e. The molecule has 1 heterocycles. The molecule has 0 amide bonds. The Labute approximate surface area is 88.5 Å². The van der Waals surface area contributed by atoms with Crippen LogP contribution in [0.1, 0.15) is 0 Å². The van der Waals surface area contributed by atoms with Crippen molar-refractivity contribution in [2.45, 2.75) is 0 Å². The summed E-state index contributed by atoms with van der Waals surface area (Å²) in [5.74, 6) is 0.0323. The average molecular weight is 256 g/mol. The van der Waals surface area contributed by atoms with Gasteiger partial charge in [-0.15, -0.1) is 0 Å². The predicted molar refractivity (Wildman–Crippen MR) is 55.6 cm³/mol. The molecule has 1 aromatic heterocycles. The summed E-state index contributed by atoms with van der Waals surface area (Å²) in [6.45, 7) is 0. The van der Waals surface area contributed by atoms with E-state index in [1.54, 1.807) is 18.2 Å². The van der Waals surface area contributed by atoms with Crippen molar-refractivity contribution in [2.24, 2.45) is 0 Å². The maximum Gasteiger partial charge on any atom is 0.148 e. The molecule has 0 radical (unpaired) electrons. The molecular formula is C9H7BrFN3. The van der Waals surface area contributed by atoms with Gasteiger partial charge in [-0.05, 0) is 28.1 Å². The van der Waals surface area contributed by atoms with Gasteiger partial charge in [-0.25, -0.2) is 9.07 Å². The number of anilines is 1. The highest BCUT2D eigenvalue weighted by Crippen LogP contribution is 2.22. The summed E-state index contributed by atoms with van der Waals surface area (Å²) in [5.41, 5.74) is 6.03.